The molecule has 0 aliphatic carbocycles. The van der Waals surface area contributed by atoms with Crippen molar-refractivity contribution in [1.29, 1.82) is 0 Å². The molecule has 0 radical (unpaired) electrons. The third kappa shape index (κ3) is 3.81. The molecule has 0 spiro atoms. The third-order valence-corrected chi connectivity index (χ3v) is 4.34. The summed E-state index contributed by atoms with van der Waals surface area (Å²) in [4.78, 5) is 17.0. The molecule has 27 heavy (non-hydrogen) atoms. The maximum Gasteiger partial charge on any atom is 0.254 e. The Balaban J connectivity index is 1.64. The van der Waals surface area contributed by atoms with E-state index in [1.807, 2.05) is 18.2 Å². The van der Waals surface area contributed by atoms with Gasteiger partial charge in [-0.1, -0.05) is 6.07 Å². The Morgan fingerprint density at radius 1 is 1.26 bits per heavy atom. The van der Waals surface area contributed by atoms with Gasteiger partial charge in [-0.05, 0) is 18.2 Å². The summed E-state index contributed by atoms with van der Waals surface area (Å²) in [6.07, 6.45) is -0.525. The highest BCUT2D eigenvalue weighted by molar-refractivity contribution is 5.95. The van der Waals surface area contributed by atoms with E-state index in [2.05, 4.69) is 15.6 Å². The zero-order chi connectivity index (χ0) is 18.6. The first-order valence-corrected chi connectivity index (χ1v) is 8.83. The molecule has 142 valence electrons. The number of nitrogens with zero attached hydrogens (tertiary/aromatic N) is 1. The minimum atomic E-state index is -0.525. The summed E-state index contributed by atoms with van der Waals surface area (Å²) in [7, 11) is 1.53. The zero-order valence-electron chi connectivity index (χ0n) is 15.0. The number of rotatable bonds is 4. The largest absolute Gasteiger partial charge is 0.486 e. The Morgan fingerprint density at radius 3 is 2.96 bits per heavy atom. The van der Waals surface area contributed by atoms with Crippen molar-refractivity contribution in [3.05, 3.63) is 30.3 Å². The zero-order valence-corrected chi connectivity index (χ0v) is 15.0. The molecule has 1 saturated heterocycles. The molecule has 1 fully saturated rings. The van der Waals surface area contributed by atoms with E-state index >= 15 is 0 Å². The first-order valence-electron chi connectivity index (χ1n) is 8.83. The number of benzene rings is 1. The number of aromatic nitrogens is 1. The normalized spacial score (nSPS) is 18.6. The second-order valence-corrected chi connectivity index (χ2v) is 6.17. The molecule has 1 amide bonds. The van der Waals surface area contributed by atoms with Gasteiger partial charge >= 0.3 is 0 Å². The van der Waals surface area contributed by atoms with Crippen molar-refractivity contribution in [2.75, 3.05) is 45.3 Å². The number of carbonyl (C=O) groups is 1. The number of carbonyl (C=O) groups excluding carboxylic acids is 1. The maximum absolute atomic E-state index is 12.5. The van der Waals surface area contributed by atoms with Gasteiger partial charge < -0.3 is 29.6 Å². The minimum Gasteiger partial charge on any atom is -0.486 e. The fourth-order valence-electron chi connectivity index (χ4n) is 3.05. The Kier molecular flexibility index (Phi) is 5.08. The predicted octanol–water partition coefficient (Wildman–Crippen LogP) is 1.46. The average Bonchev–Trinajstić information content (AvgIpc) is 2.73. The van der Waals surface area contributed by atoms with Crippen LogP contribution < -0.4 is 24.8 Å². The fraction of sp³-hybridized carbons (Fsp3) is 0.368. The summed E-state index contributed by atoms with van der Waals surface area (Å²) in [5.74, 6) is 1.49. The van der Waals surface area contributed by atoms with Crippen molar-refractivity contribution in [1.82, 2.24) is 10.3 Å². The molecule has 1 aromatic carbocycles. The van der Waals surface area contributed by atoms with Crippen LogP contribution >= 0.6 is 0 Å². The van der Waals surface area contributed by atoms with Crippen LogP contribution in [0.3, 0.4) is 0 Å². The van der Waals surface area contributed by atoms with Crippen molar-refractivity contribution in [3.8, 4) is 28.6 Å². The van der Waals surface area contributed by atoms with Gasteiger partial charge in [-0.15, -0.1) is 0 Å². The molecule has 8 nitrogen and oxygen atoms in total. The molecular weight excluding hydrogens is 350 g/mol. The molecule has 2 aliphatic heterocycles. The Bertz CT molecular complexity index is 836. The smallest absolute Gasteiger partial charge is 0.254 e. The SMILES string of the molecule is COc1cc(NC(=O)[C@H]2CNCCO2)cc(-c2cccc3c2OCCO3)n1. The number of fused-ring (bicyclic) bond motifs is 1. The molecule has 2 aromatic rings. The van der Waals surface area contributed by atoms with E-state index in [-0.39, 0.29) is 5.91 Å². The molecule has 3 heterocycles. The first kappa shape index (κ1) is 17.6. The van der Waals surface area contributed by atoms with Crippen LogP contribution in [-0.4, -0.2) is 57.0 Å². The number of nitrogens with one attached hydrogen (secondary N) is 2. The summed E-state index contributed by atoms with van der Waals surface area (Å²) in [5, 5.41) is 6.02. The van der Waals surface area contributed by atoms with Crippen LogP contribution in [0.4, 0.5) is 5.69 Å². The number of hydrogen-bond donors (Lipinski definition) is 2. The molecule has 2 aliphatic rings. The quantitative estimate of drug-likeness (QED) is 0.841. The van der Waals surface area contributed by atoms with Gasteiger partial charge in [0, 0.05) is 30.4 Å². The highest BCUT2D eigenvalue weighted by Gasteiger charge is 2.23. The molecule has 0 bridgehead atoms. The van der Waals surface area contributed by atoms with Gasteiger partial charge in [-0.25, -0.2) is 4.98 Å². The van der Waals surface area contributed by atoms with Crippen molar-refractivity contribution in [2.24, 2.45) is 0 Å². The van der Waals surface area contributed by atoms with Gasteiger partial charge in [0.2, 0.25) is 5.88 Å². The standard InChI is InChI=1S/C19H21N3O5/c1-24-17-10-12(21-19(23)16-11-20-5-6-25-16)9-14(22-17)13-3-2-4-15-18(13)27-8-7-26-15/h2-4,9-10,16,20H,5-8,11H2,1H3,(H,21,22,23)/t16-/m1/s1. The Labute approximate surface area is 156 Å². The van der Waals surface area contributed by atoms with Gasteiger partial charge in [-0.3, -0.25) is 4.79 Å². The fourth-order valence-corrected chi connectivity index (χ4v) is 3.05. The number of pyridine rings is 1. The summed E-state index contributed by atoms with van der Waals surface area (Å²) < 4.78 is 22.2. The Morgan fingerprint density at radius 2 is 2.15 bits per heavy atom. The second kappa shape index (κ2) is 7.81. The number of amides is 1. The Hall–Kier alpha value is -2.84. The predicted molar refractivity (Wildman–Crippen MR) is 98.5 cm³/mol. The highest BCUT2D eigenvalue weighted by atomic mass is 16.6. The first-order chi connectivity index (χ1) is 13.2. The van der Waals surface area contributed by atoms with Crippen molar-refractivity contribution < 1.29 is 23.7 Å². The average molecular weight is 371 g/mol. The summed E-state index contributed by atoms with van der Waals surface area (Å²) >= 11 is 0. The highest BCUT2D eigenvalue weighted by Crippen LogP contribution is 2.40. The lowest BCUT2D eigenvalue weighted by molar-refractivity contribution is -0.128. The molecule has 0 saturated carbocycles. The molecular formula is C19H21N3O5. The van der Waals surface area contributed by atoms with Crippen LogP contribution in [0.5, 0.6) is 17.4 Å². The number of para-hydroxylation sites is 1. The van der Waals surface area contributed by atoms with Crippen molar-refractivity contribution in [2.45, 2.75) is 6.10 Å². The van der Waals surface area contributed by atoms with E-state index in [0.29, 0.717) is 55.1 Å². The van der Waals surface area contributed by atoms with E-state index in [9.17, 15) is 4.79 Å². The van der Waals surface area contributed by atoms with Crippen LogP contribution in [0.2, 0.25) is 0 Å². The van der Waals surface area contributed by atoms with Gasteiger partial charge in [-0.2, -0.15) is 0 Å². The lowest BCUT2D eigenvalue weighted by Crippen LogP contribution is -2.45. The number of ether oxygens (including phenoxy) is 4. The number of morpholine rings is 1. The van der Waals surface area contributed by atoms with Crippen molar-refractivity contribution >= 4 is 11.6 Å². The number of hydrogen-bond acceptors (Lipinski definition) is 7. The van der Waals surface area contributed by atoms with E-state index in [1.165, 1.54) is 7.11 Å². The van der Waals surface area contributed by atoms with E-state index < -0.39 is 6.10 Å². The monoisotopic (exact) mass is 371 g/mol. The van der Waals surface area contributed by atoms with Crippen LogP contribution in [0.25, 0.3) is 11.3 Å². The summed E-state index contributed by atoms with van der Waals surface area (Å²) in [6.45, 7) is 2.73. The molecule has 2 N–H and O–H groups in total. The van der Waals surface area contributed by atoms with E-state index in [1.54, 1.807) is 12.1 Å². The second-order valence-electron chi connectivity index (χ2n) is 6.17. The van der Waals surface area contributed by atoms with Crippen LogP contribution in [0, 0.1) is 0 Å². The lowest BCUT2D eigenvalue weighted by atomic mass is 10.1. The maximum atomic E-state index is 12.5. The van der Waals surface area contributed by atoms with Gasteiger partial charge in [0.05, 0.1) is 19.4 Å². The lowest BCUT2D eigenvalue weighted by Gasteiger charge is -2.23. The number of anilines is 1. The van der Waals surface area contributed by atoms with Crippen molar-refractivity contribution in [3.63, 3.8) is 0 Å². The molecule has 8 heteroatoms. The number of methoxy groups -OCH3 is 1. The van der Waals surface area contributed by atoms with Crippen LogP contribution in [0.1, 0.15) is 0 Å². The molecule has 1 atom stereocenters. The third-order valence-electron chi connectivity index (χ3n) is 4.34. The molecule has 1 aromatic heterocycles. The topological polar surface area (TPSA) is 90.9 Å². The molecule has 0 unspecified atom stereocenters. The summed E-state index contributed by atoms with van der Waals surface area (Å²) in [6, 6.07) is 9.09. The van der Waals surface area contributed by atoms with Gasteiger partial charge in [0.15, 0.2) is 11.5 Å². The summed E-state index contributed by atoms with van der Waals surface area (Å²) in [5.41, 5.74) is 1.97. The van der Waals surface area contributed by atoms with E-state index in [0.717, 1.165) is 12.1 Å². The molecule has 4 rings (SSSR count). The van der Waals surface area contributed by atoms with Crippen LogP contribution in [0.15, 0.2) is 30.3 Å². The van der Waals surface area contributed by atoms with Gasteiger partial charge in [0.25, 0.3) is 5.91 Å². The minimum absolute atomic E-state index is 0.212. The van der Waals surface area contributed by atoms with E-state index in [4.69, 9.17) is 18.9 Å². The van der Waals surface area contributed by atoms with Gasteiger partial charge in [0.1, 0.15) is 19.3 Å². The van der Waals surface area contributed by atoms with Crippen LogP contribution in [-0.2, 0) is 9.53 Å².